The summed E-state index contributed by atoms with van der Waals surface area (Å²) in [5.74, 6) is 1.19. The number of benzene rings is 1. The first-order valence-corrected chi connectivity index (χ1v) is 14.5. The van der Waals surface area contributed by atoms with E-state index in [1.54, 1.807) is 6.07 Å². The largest absolute Gasteiger partial charge is 0.504 e. The minimum absolute atomic E-state index is 0. The van der Waals surface area contributed by atoms with Crippen LogP contribution < -0.4 is 10.1 Å². The summed E-state index contributed by atoms with van der Waals surface area (Å²) in [4.78, 5) is 2.43. The molecule has 1 aromatic carbocycles. The Kier molecular flexibility index (Phi) is 8.22. The first kappa shape index (κ1) is 28.6. The van der Waals surface area contributed by atoms with E-state index in [0.29, 0.717) is 23.2 Å². The summed E-state index contributed by atoms with van der Waals surface area (Å²) in [6, 6.07) is 4.23. The molecular weight excluding hydrogens is 520 g/mol. The Morgan fingerprint density at radius 1 is 1.05 bits per heavy atom. The number of hydrogen-bond acceptors (Lipinski definition) is 7. The molecule has 2 saturated heterocycles. The van der Waals surface area contributed by atoms with E-state index < -0.39 is 16.5 Å². The van der Waals surface area contributed by atoms with E-state index in [2.05, 4.69) is 23.3 Å². The fraction of sp³-hybridized carbons (Fsp3) is 0.692. The molecule has 0 amide bonds. The molecule has 2 bridgehead atoms. The Bertz CT molecular complexity index is 1110. The van der Waals surface area contributed by atoms with E-state index in [0.717, 1.165) is 19.4 Å². The number of hydrogen-bond donors (Lipinski definition) is 5. The first-order valence-electron chi connectivity index (χ1n) is 13.1. The number of ether oxygens (including phenoxy) is 1. The normalized spacial score (nSPS) is 34.2. The van der Waals surface area contributed by atoms with Crippen LogP contribution in [0, 0.1) is 5.92 Å². The second-order valence-corrected chi connectivity index (χ2v) is 12.1. The van der Waals surface area contributed by atoms with Gasteiger partial charge >= 0.3 is 10.4 Å². The second kappa shape index (κ2) is 10.6. The number of aromatic hydroxyl groups is 1. The van der Waals surface area contributed by atoms with Gasteiger partial charge in [0.2, 0.25) is 0 Å². The zero-order chi connectivity index (χ0) is 25.7. The molecule has 11 heteroatoms. The van der Waals surface area contributed by atoms with Gasteiger partial charge in [-0.3, -0.25) is 9.11 Å². The van der Waals surface area contributed by atoms with Crippen molar-refractivity contribution < 1.29 is 32.5 Å². The molecule has 3 aliphatic heterocycles. The van der Waals surface area contributed by atoms with E-state index in [4.69, 9.17) is 22.3 Å². The Balaban J connectivity index is 0.000000168. The van der Waals surface area contributed by atoms with Crippen molar-refractivity contribution in [2.24, 2.45) is 5.92 Å². The maximum atomic E-state index is 10.4. The van der Waals surface area contributed by atoms with Crippen LogP contribution in [0.1, 0.15) is 62.5 Å². The molecule has 0 radical (unpaired) electrons. The number of aliphatic hydroxyl groups excluding tert-OH is 1. The van der Waals surface area contributed by atoms with Crippen LogP contribution in [0.4, 0.5) is 0 Å². The highest BCUT2D eigenvalue weighted by atomic mass is 35.5. The van der Waals surface area contributed by atoms with Gasteiger partial charge in [-0.15, -0.1) is 12.4 Å². The fourth-order valence-electron chi connectivity index (χ4n) is 7.76. The van der Waals surface area contributed by atoms with Crippen LogP contribution in [0.25, 0.3) is 0 Å². The number of piperidine rings is 1. The number of nitrogens with zero attached hydrogens (tertiary/aromatic N) is 1. The van der Waals surface area contributed by atoms with Crippen LogP contribution >= 0.6 is 12.4 Å². The third-order valence-corrected chi connectivity index (χ3v) is 9.29. The number of phenolic OH excluding ortho intramolecular Hbond substituents is 1. The Morgan fingerprint density at radius 2 is 1.73 bits per heavy atom. The lowest BCUT2D eigenvalue weighted by Gasteiger charge is -2.56. The number of rotatable bonds is 0. The monoisotopic (exact) mass is 558 g/mol. The van der Waals surface area contributed by atoms with Gasteiger partial charge in [0.25, 0.3) is 0 Å². The van der Waals surface area contributed by atoms with Gasteiger partial charge in [-0.1, -0.05) is 37.5 Å². The van der Waals surface area contributed by atoms with Gasteiger partial charge in [-0.25, -0.2) is 0 Å². The quantitative estimate of drug-likeness (QED) is 0.240. The molecule has 1 saturated carbocycles. The molecule has 5 atom stereocenters. The molecule has 7 rings (SSSR count). The average molecular weight is 559 g/mol. The van der Waals surface area contributed by atoms with E-state index >= 15 is 0 Å². The zero-order valence-electron chi connectivity index (χ0n) is 21.2. The Hall–Kier alpha value is -1.40. The molecule has 0 aromatic heterocycles. The second-order valence-electron chi connectivity index (χ2n) is 11.2. The van der Waals surface area contributed by atoms with Crippen LogP contribution in [-0.4, -0.2) is 76.6 Å². The predicted octanol–water partition coefficient (Wildman–Crippen LogP) is 3.04. The molecule has 1 aromatic rings. The van der Waals surface area contributed by atoms with E-state index in [-0.39, 0.29) is 29.7 Å². The fourth-order valence-corrected chi connectivity index (χ4v) is 7.76. The lowest BCUT2D eigenvalue weighted by atomic mass is 9.53. The number of aliphatic hydroxyl groups is 1. The van der Waals surface area contributed by atoms with Crippen molar-refractivity contribution in [3.05, 3.63) is 35.4 Å². The third kappa shape index (κ3) is 5.26. The molecule has 9 nitrogen and oxygen atoms in total. The van der Waals surface area contributed by atoms with E-state index in [1.165, 1.54) is 62.6 Å². The number of nitrogens with one attached hydrogen (secondary N) is 1. The number of likely N-dealkylation sites (tertiary alicyclic amines) is 1. The van der Waals surface area contributed by atoms with Gasteiger partial charge in [-0.2, -0.15) is 8.42 Å². The molecule has 3 heterocycles. The lowest BCUT2D eigenvalue weighted by molar-refractivity contribution is -0.0453. The van der Waals surface area contributed by atoms with Gasteiger partial charge in [0.05, 0.1) is 0 Å². The number of halogens is 1. The van der Waals surface area contributed by atoms with E-state index in [1.807, 2.05) is 12.1 Å². The summed E-state index contributed by atoms with van der Waals surface area (Å²) >= 11 is 0. The van der Waals surface area contributed by atoms with Gasteiger partial charge < -0.3 is 25.2 Å². The summed E-state index contributed by atoms with van der Waals surface area (Å²) in [6.07, 6.45) is 15.4. The van der Waals surface area contributed by atoms with Gasteiger partial charge in [-0.05, 0) is 70.3 Å². The topological polar surface area (TPSA) is 140 Å². The number of phenols is 1. The van der Waals surface area contributed by atoms with Crippen molar-refractivity contribution in [3.63, 3.8) is 0 Å². The molecule has 3 fully saturated rings. The summed E-state index contributed by atoms with van der Waals surface area (Å²) in [5.41, 5.74) is 2.91. The molecule has 2 spiro atoms. The highest BCUT2D eigenvalue weighted by molar-refractivity contribution is 7.79. The summed E-state index contributed by atoms with van der Waals surface area (Å²) in [6.45, 7) is 2.29. The Labute approximate surface area is 225 Å². The van der Waals surface area contributed by atoms with Crippen molar-refractivity contribution in [3.8, 4) is 11.5 Å². The van der Waals surface area contributed by atoms with Crippen molar-refractivity contribution >= 4 is 22.8 Å². The minimum atomic E-state index is -4.67. The molecule has 3 aliphatic carbocycles. The number of likely N-dealkylation sites (N-methyl/N-ethyl adjacent to an activating group) is 1. The van der Waals surface area contributed by atoms with Crippen LogP contribution in [0.3, 0.4) is 0 Å². The van der Waals surface area contributed by atoms with Crippen molar-refractivity contribution in [2.75, 3.05) is 20.1 Å². The summed E-state index contributed by atoms with van der Waals surface area (Å²) in [5, 5.41) is 24.3. The lowest BCUT2D eigenvalue weighted by Crippen LogP contribution is -2.64. The van der Waals surface area contributed by atoms with Crippen LogP contribution in [0.15, 0.2) is 24.3 Å². The van der Waals surface area contributed by atoms with Crippen LogP contribution in [0.5, 0.6) is 11.5 Å². The van der Waals surface area contributed by atoms with E-state index in [9.17, 15) is 10.2 Å². The maximum absolute atomic E-state index is 10.4. The molecule has 5 N–H and O–H groups in total. The highest BCUT2D eigenvalue weighted by Gasteiger charge is 2.64. The molecule has 208 valence electrons. The smallest absolute Gasteiger partial charge is 0.394 e. The summed E-state index contributed by atoms with van der Waals surface area (Å²) in [7, 11) is -2.48. The SMILES string of the molecule is C1CCC2(CC1)CCCN2.CN1CC[C@]23c4c5ccc(O)c4O[C@H]2[C@@H](O)C=C[C@H]3[C@H]1C5.Cl.O=S(=O)(O)O. The molecular formula is C26H39ClN2O7S. The van der Waals surface area contributed by atoms with Crippen LogP contribution in [0.2, 0.25) is 0 Å². The average Bonchev–Trinajstić information content (AvgIpc) is 3.41. The Morgan fingerprint density at radius 3 is 2.38 bits per heavy atom. The first-order chi connectivity index (χ1) is 17.0. The van der Waals surface area contributed by atoms with Gasteiger partial charge in [0.15, 0.2) is 11.5 Å². The van der Waals surface area contributed by atoms with Gasteiger partial charge in [0, 0.05) is 28.5 Å². The minimum Gasteiger partial charge on any atom is -0.504 e. The molecule has 6 aliphatic rings. The van der Waals surface area contributed by atoms with Crippen molar-refractivity contribution in [1.29, 1.82) is 0 Å². The van der Waals surface area contributed by atoms with Crippen molar-refractivity contribution in [1.82, 2.24) is 10.2 Å². The van der Waals surface area contributed by atoms with Crippen molar-refractivity contribution in [2.45, 2.75) is 87.0 Å². The third-order valence-electron chi connectivity index (χ3n) is 9.29. The highest BCUT2D eigenvalue weighted by Crippen LogP contribution is 2.62. The molecule has 0 unspecified atom stereocenters. The summed E-state index contributed by atoms with van der Waals surface area (Å²) < 4.78 is 37.7. The zero-order valence-corrected chi connectivity index (χ0v) is 22.8. The maximum Gasteiger partial charge on any atom is 0.394 e. The van der Waals surface area contributed by atoms with Gasteiger partial charge in [0.1, 0.15) is 12.2 Å². The van der Waals surface area contributed by atoms with Crippen LogP contribution in [-0.2, 0) is 22.2 Å². The predicted molar refractivity (Wildman–Crippen MR) is 142 cm³/mol. The molecule has 37 heavy (non-hydrogen) atoms. The standard InChI is InChI=1S/C17H19NO3.C9H17N.ClH.H2O4S/c1-18-7-6-17-10-3-5-13(20)16(17)21-15-12(19)4-2-9(14(15)17)8-11(10)18;1-2-5-9(6-3-1)7-4-8-10-9;;1-5(2,3)4/h2-5,10-11,13,16,19-20H,6-8H2,1H3;10H,1-8H2;1H;(H2,1,2,3,4)/t10-,11+,13-,16-,17-;;;/m0.../s1.